The van der Waals surface area contributed by atoms with Crippen LogP contribution in [0.5, 0.6) is 5.75 Å². The largest absolute Gasteiger partial charge is 0.507 e. The second-order valence-corrected chi connectivity index (χ2v) is 5.28. The van der Waals surface area contributed by atoms with Gasteiger partial charge in [-0.1, -0.05) is 31.4 Å². The SMILES string of the molecule is C#CC(CCC)NS(=O)(=O)c1ccccc1O. The summed E-state index contributed by atoms with van der Waals surface area (Å²) in [4.78, 5) is -0.156. The number of phenols is 1. The van der Waals surface area contributed by atoms with E-state index in [9.17, 15) is 13.5 Å². The van der Waals surface area contributed by atoms with Gasteiger partial charge in [-0.25, -0.2) is 8.42 Å². The fraction of sp³-hybridized carbons (Fsp3) is 0.333. The first kappa shape index (κ1) is 13.6. The summed E-state index contributed by atoms with van der Waals surface area (Å²) in [7, 11) is -3.77. The first-order valence-electron chi connectivity index (χ1n) is 5.27. The Labute approximate surface area is 102 Å². The van der Waals surface area contributed by atoms with E-state index in [-0.39, 0.29) is 10.6 Å². The predicted molar refractivity (Wildman–Crippen MR) is 66.0 cm³/mol. The van der Waals surface area contributed by atoms with Crippen molar-refractivity contribution in [2.24, 2.45) is 0 Å². The van der Waals surface area contributed by atoms with Crippen molar-refractivity contribution < 1.29 is 13.5 Å². The molecule has 0 heterocycles. The number of terminal acetylenes is 1. The van der Waals surface area contributed by atoms with Gasteiger partial charge in [0.05, 0.1) is 6.04 Å². The van der Waals surface area contributed by atoms with Crippen LogP contribution in [0.4, 0.5) is 0 Å². The number of benzene rings is 1. The van der Waals surface area contributed by atoms with Gasteiger partial charge >= 0.3 is 0 Å². The van der Waals surface area contributed by atoms with Crippen LogP contribution in [0, 0.1) is 12.3 Å². The lowest BCUT2D eigenvalue weighted by Crippen LogP contribution is -2.33. The van der Waals surface area contributed by atoms with Crippen LogP contribution in [0.3, 0.4) is 0 Å². The summed E-state index contributed by atoms with van der Waals surface area (Å²) in [5.41, 5.74) is 0. The van der Waals surface area contributed by atoms with Crippen molar-refractivity contribution in [1.82, 2.24) is 4.72 Å². The van der Waals surface area contributed by atoms with Gasteiger partial charge in [-0.05, 0) is 18.6 Å². The molecule has 0 saturated heterocycles. The van der Waals surface area contributed by atoms with E-state index in [0.29, 0.717) is 6.42 Å². The van der Waals surface area contributed by atoms with Crippen LogP contribution in [0.25, 0.3) is 0 Å². The number of hydrogen-bond acceptors (Lipinski definition) is 3. The Morgan fingerprint density at radius 2 is 2.12 bits per heavy atom. The lowest BCUT2D eigenvalue weighted by Gasteiger charge is -2.13. The fourth-order valence-electron chi connectivity index (χ4n) is 1.40. The van der Waals surface area contributed by atoms with E-state index in [2.05, 4.69) is 10.6 Å². The molecule has 1 aromatic carbocycles. The van der Waals surface area contributed by atoms with Gasteiger partial charge in [0.25, 0.3) is 0 Å². The molecule has 0 aromatic heterocycles. The second kappa shape index (κ2) is 5.71. The monoisotopic (exact) mass is 253 g/mol. The van der Waals surface area contributed by atoms with Crippen molar-refractivity contribution in [2.75, 3.05) is 0 Å². The summed E-state index contributed by atoms with van der Waals surface area (Å²) in [6.45, 7) is 1.92. The van der Waals surface area contributed by atoms with Crippen LogP contribution >= 0.6 is 0 Å². The fourth-order valence-corrected chi connectivity index (χ4v) is 2.69. The average Bonchev–Trinajstić information content (AvgIpc) is 2.28. The average molecular weight is 253 g/mol. The Hall–Kier alpha value is -1.51. The van der Waals surface area contributed by atoms with Gasteiger partial charge in [0.1, 0.15) is 10.6 Å². The Morgan fingerprint density at radius 3 is 2.65 bits per heavy atom. The van der Waals surface area contributed by atoms with Gasteiger partial charge in [0.15, 0.2) is 0 Å². The van der Waals surface area contributed by atoms with Gasteiger partial charge in [0.2, 0.25) is 10.0 Å². The minimum atomic E-state index is -3.77. The van der Waals surface area contributed by atoms with E-state index in [0.717, 1.165) is 6.42 Å². The first-order chi connectivity index (χ1) is 8.01. The highest BCUT2D eigenvalue weighted by Crippen LogP contribution is 2.21. The maximum atomic E-state index is 11.9. The number of rotatable bonds is 5. The molecule has 0 bridgehead atoms. The highest BCUT2D eigenvalue weighted by atomic mass is 32.2. The molecular weight excluding hydrogens is 238 g/mol. The van der Waals surface area contributed by atoms with Crippen LogP contribution in [-0.4, -0.2) is 19.6 Å². The summed E-state index contributed by atoms with van der Waals surface area (Å²) in [5.74, 6) is 2.09. The molecule has 5 heteroatoms. The molecule has 1 aromatic rings. The zero-order chi connectivity index (χ0) is 12.9. The molecule has 17 heavy (non-hydrogen) atoms. The van der Waals surface area contributed by atoms with E-state index in [1.54, 1.807) is 12.1 Å². The van der Waals surface area contributed by atoms with E-state index in [1.807, 2.05) is 6.92 Å². The maximum Gasteiger partial charge on any atom is 0.245 e. The first-order valence-corrected chi connectivity index (χ1v) is 6.76. The minimum absolute atomic E-state index is 0.156. The van der Waals surface area contributed by atoms with E-state index < -0.39 is 16.1 Å². The zero-order valence-corrected chi connectivity index (χ0v) is 10.4. The van der Waals surface area contributed by atoms with Crippen LogP contribution in [0.15, 0.2) is 29.2 Å². The Balaban J connectivity index is 2.98. The summed E-state index contributed by atoms with van der Waals surface area (Å²) >= 11 is 0. The van der Waals surface area contributed by atoms with E-state index in [4.69, 9.17) is 6.42 Å². The minimum Gasteiger partial charge on any atom is -0.507 e. The number of sulfonamides is 1. The quantitative estimate of drug-likeness (QED) is 0.781. The van der Waals surface area contributed by atoms with Crippen LogP contribution in [0.2, 0.25) is 0 Å². The Bertz CT molecular complexity index is 517. The molecule has 0 spiro atoms. The van der Waals surface area contributed by atoms with Crippen molar-refractivity contribution >= 4 is 10.0 Å². The van der Waals surface area contributed by atoms with Crippen LogP contribution < -0.4 is 4.72 Å². The number of nitrogens with one attached hydrogen (secondary N) is 1. The molecule has 0 saturated carbocycles. The summed E-state index contributed by atoms with van der Waals surface area (Å²) in [6.07, 6.45) is 6.58. The van der Waals surface area contributed by atoms with Gasteiger partial charge in [-0.2, -0.15) is 4.72 Å². The molecular formula is C12H15NO3S. The lowest BCUT2D eigenvalue weighted by molar-refractivity contribution is 0.457. The number of hydrogen-bond donors (Lipinski definition) is 2. The molecule has 1 unspecified atom stereocenters. The highest BCUT2D eigenvalue weighted by molar-refractivity contribution is 7.89. The second-order valence-electron chi connectivity index (χ2n) is 3.60. The smallest absolute Gasteiger partial charge is 0.245 e. The van der Waals surface area contributed by atoms with Crippen LogP contribution in [0.1, 0.15) is 19.8 Å². The number of aromatic hydroxyl groups is 1. The molecule has 1 atom stereocenters. The number of phenolic OH excluding ortho intramolecular Hbond substituents is 1. The van der Waals surface area contributed by atoms with Crippen LogP contribution in [-0.2, 0) is 10.0 Å². The normalized spacial score (nSPS) is 12.9. The Kier molecular flexibility index (Phi) is 4.55. The van der Waals surface area contributed by atoms with Gasteiger partial charge in [0, 0.05) is 0 Å². The molecule has 0 fully saturated rings. The third-order valence-corrected chi connectivity index (χ3v) is 3.75. The Morgan fingerprint density at radius 1 is 1.47 bits per heavy atom. The molecule has 92 valence electrons. The third kappa shape index (κ3) is 3.48. The molecule has 0 aliphatic rings. The molecule has 0 amide bonds. The number of para-hydroxylation sites is 1. The summed E-state index contributed by atoms with van der Waals surface area (Å²) in [5, 5.41) is 9.49. The lowest BCUT2D eigenvalue weighted by atomic mass is 10.2. The maximum absolute atomic E-state index is 11.9. The topological polar surface area (TPSA) is 66.4 Å². The molecule has 1 rings (SSSR count). The van der Waals surface area contributed by atoms with Gasteiger partial charge in [-0.3, -0.25) is 0 Å². The van der Waals surface area contributed by atoms with Gasteiger partial charge < -0.3 is 5.11 Å². The summed E-state index contributed by atoms with van der Waals surface area (Å²) in [6, 6.07) is 5.19. The molecule has 0 aliphatic carbocycles. The molecule has 4 nitrogen and oxygen atoms in total. The van der Waals surface area contributed by atoms with Gasteiger partial charge in [-0.15, -0.1) is 6.42 Å². The van der Waals surface area contributed by atoms with Crippen molar-refractivity contribution in [3.63, 3.8) is 0 Å². The molecule has 0 radical (unpaired) electrons. The summed E-state index contributed by atoms with van der Waals surface area (Å²) < 4.78 is 26.2. The predicted octanol–water partition coefficient (Wildman–Crippen LogP) is 1.47. The molecule has 0 aliphatic heterocycles. The van der Waals surface area contributed by atoms with Crippen molar-refractivity contribution in [2.45, 2.75) is 30.7 Å². The highest BCUT2D eigenvalue weighted by Gasteiger charge is 2.20. The standard InChI is InChI=1S/C12H15NO3S/c1-3-7-10(4-2)13-17(15,16)12-9-6-5-8-11(12)14/h2,5-6,8-10,13-14H,3,7H2,1H3. The molecule has 2 N–H and O–H groups in total. The van der Waals surface area contributed by atoms with E-state index >= 15 is 0 Å². The van der Waals surface area contributed by atoms with Crippen molar-refractivity contribution in [3.05, 3.63) is 24.3 Å². The van der Waals surface area contributed by atoms with E-state index in [1.165, 1.54) is 12.1 Å². The third-order valence-electron chi connectivity index (χ3n) is 2.23. The van der Waals surface area contributed by atoms with Crippen molar-refractivity contribution in [3.8, 4) is 18.1 Å². The van der Waals surface area contributed by atoms with Crippen molar-refractivity contribution in [1.29, 1.82) is 0 Å². The zero-order valence-electron chi connectivity index (χ0n) is 9.55.